The lowest BCUT2D eigenvalue weighted by atomic mass is 9.99. The summed E-state index contributed by atoms with van der Waals surface area (Å²) in [6, 6.07) is 11.0. The van der Waals surface area contributed by atoms with E-state index in [1.54, 1.807) is 30.3 Å². The second-order valence-electron chi connectivity index (χ2n) is 6.49. The summed E-state index contributed by atoms with van der Waals surface area (Å²) in [6.07, 6.45) is 1.19. The third-order valence-corrected chi connectivity index (χ3v) is 7.08. The van der Waals surface area contributed by atoms with Gasteiger partial charge in [-0.1, -0.05) is 23.2 Å². The second-order valence-corrected chi connectivity index (χ2v) is 9.27. The summed E-state index contributed by atoms with van der Waals surface area (Å²) in [6.45, 7) is 0.481. The summed E-state index contributed by atoms with van der Waals surface area (Å²) >= 11 is 12.0. The van der Waals surface area contributed by atoms with E-state index in [-0.39, 0.29) is 17.3 Å². The van der Waals surface area contributed by atoms with Gasteiger partial charge in [-0.3, -0.25) is 4.79 Å². The van der Waals surface area contributed by atoms with Crippen molar-refractivity contribution in [1.82, 2.24) is 4.31 Å². The lowest BCUT2D eigenvalue weighted by Gasteiger charge is -2.31. The minimum absolute atomic E-state index is 0.110. The Morgan fingerprint density at radius 3 is 2.57 bits per heavy atom. The molecule has 28 heavy (non-hydrogen) atoms. The van der Waals surface area contributed by atoms with Crippen molar-refractivity contribution in [2.75, 3.05) is 25.5 Å². The predicted molar refractivity (Wildman–Crippen MR) is 110 cm³/mol. The lowest BCUT2D eigenvalue weighted by molar-refractivity contribution is -0.120. The van der Waals surface area contributed by atoms with E-state index in [9.17, 15) is 13.2 Å². The molecule has 150 valence electrons. The first-order chi connectivity index (χ1) is 13.3. The fourth-order valence-electron chi connectivity index (χ4n) is 3.10. The van der Waals surface area contributed by atoms with Crippen LogP contribution in [0.3, 0.4) is 0 Å². The zero-order chi connectivity index (χ0) is 20.3. The van der Waals surface area contributed by atoms with Crippen LogP contribution in [0.5, 0.6) is 5.75 Å². The molecule has 0 unspecified atom stereocenters. The van der Waals surface area contributed by atoms with Crippen molar-refractivity contribution < 1.29 is 17.9 Å². The van der Waals surface area contributed by atoms with Crippen LogP contribution < -0.4 is 10.1 Å². The van der Waals surface area contributed by atoms with Gasteiger partial charge in [-0.15, -0.1) is 0 Å². The Kier molecular flexibility index (Phi) is 6.50. The highest BCUT2D eigenvalue weighted by molar-refractivity contribution is 7.89. The minimum Gasteiger partial charge on any atom is -0.497 e. The van der Waals surface area contributed by atoms with Crippen molar-refractivity contribution in [1.29, 1.82) is 0 Å². The topological polar surface area (TPSA) is 75.7 Å². The number of amides is 1. The van der Waals surface area contributed by atoms with Crippen LogP contribution in [0.15, 0.2) is 47.4 Å². The van der Waals surface area contributed by atoms with Gasteiger partial charge >= 0.3 is 0 Å². The third-order valence-electron chi connectivity index (χ3n) is 4.64. The molecule has 0 aliphatic carbocycles. The Labute approximate surface area is 174 Å². The molecule has 0 bridgehead atoms. The fraction of sp³-hybridized carbons (Fsp3) is 0.316. The summed E-state index contributed by atoms with van der Waals surface area (Å²) in [7, 11) is -2.17. The molecule has 1 amide bonds. The van der Waals surface area contributed by atoms with Gasteiger partial charge in [0.15, 0.2) is 0 Å². The Bertz CT molecular complexity index is 964. The summed E-state index contributed by atoms with van der Waals surface area (Å²) < 4.78 is 32.3. The average molecular weight is 443 g/mol. The molecule has 2 aromatic carbocycles. The first-order valence-electron chi connectivity index (χ1n) is 8.71. The smallest absolute Gasteiger partial charge is 0.243 e. The van der Waals surface area contributed by atoms with Crippen molar-refractivity contribution in [2.45, 2.75) is 17.7 Å². The van der Waals surface area contributed by atoms with E-state index < -0.39 is 15.9 Å². The van der Waals surface area contributed by atoms with Gasteiger partial charge in [-0.05, 0) is 55.3 Å². The zero-order valence-electron chi connectivity index (χ0n) is 15.2. The largest absolute Gasteiger partial charge is 0.497 e. The number of ether oxygens (including phenoxy) is 1. The summed E-state index contributed by atoms with van der Waals surface area (Å²) in [5.74, 6) is -0.177. The number of carbonyl (C=O) groups is 1. The predicted octanol–water partition coefficient (Wildman–Crippen LogP) is 4.04. The molecular weight excluding hydrogens is 423 g/mol. The minimum atomic E-state index is -3.69. The Morgan fingerprint density at radius 2 is 1.89 bits per heavy atom. The van der Waals surface area contributed by atoms with Crippen LogP contribution in [0.4, 0.5) is 5.69 Å². The van der Waals surface area contributed by atoms with Crippen LogP contribution in [0.2, 0.25) is 10.0 Å². The van der Waals surface area contributed by atoms with Gasteiger partial charge < -0.3 is 10.1 Å². The molecule has 1 atom stereocenters. The van der Waals surface area contributed by atoms with Crippen molar-refractivity contribution >= 4 is 44.8 Å². The van der Waals surface area contributed by atoms with Crippen molar-refractivity contribution in [2.24, 2.45) is 5.92 Å². The molecule has 0 radical (unpaired) electrons. The summed E-state index contributed by atoms with van der Waals surface area (Å²) in [5.41, 5.74) is 0.411. The molecular formula is C19H20Cl2N2O4S. The third kappa shape index (κ3) is 4.60. The Hall–Kier alpha value is -1.80. The number of rotatable bonds is 5. The fourth-order valence-corrected chi connectivity index (χ4v) is 4.96. The van der Waals surface area contributed by atoms with Gasteiger partial charge in [0.05, 0.1) is 28.6 Å². The molecule has 1 aliphatic rings. The van der Waals surface area contributed by atoms with Crippen LogP contribution in [0.25, 0.3) is 0 Å². The first-order valence-corrected chi connectivity index (χ1v) is 10.9. The number of piperidine rings is 1. The Balaban J connectivity index is 1.73. The molecule has 1 N–H and O–H groups in total. The number of nitrogens with zero attached hydrogens (tertiary/aromatic N) is 1. The first kappa shape index (κ1) is 20.9. The Morgan fingerprint density at radius 1 is 1.18 bits per heavy atom. The van der Waals surface area contributed by atoms with Crippen LogP contribution in [-0.2, 0) is 14.8 Å². The standard InChI is InChI=1S/C19H20Cl2N2O4S/c1-27-15-5-7-16(8-6-15)28(25,26)23-10-2-3-13(12-23)19(24)22-18-11-14(20)4-9-17(18)21/h4-9,11,13H,2-3,10,12H2,1H3,(H,22,24)/t13-/m0/s1. The van der Waals surface area contributed by atoms with Gasteiger partial charge in [0, 0.05) is 18.1 Å². The number of sulfonamides is 1. The van der Waals surface area contributed by atoms with Crippen LogP contribution >= 0.6 is 23.2 Å². The number of benzene rings is 2. The normalized spacial score (nSPS) is 17.9. The monoisotopic (exact) mass is 442 g/mol. The van der Waals surface area contributed by atoms with Gasteiger partial charge in [0.1, 0.15) is 5.75 Å². The molecule has 1 fully saturated rings. The highest BCUT2D eigenvalue weighted by atomic mass is 35.5. The maximum atomic E-state index is 12.9. The van der Waals surface area contributed by atoms with Crippen molar-refractivity contribution in [3.63, 3.8) is 0 Å². The van der Waals surface area contributed by atoms with Gasteiger partial charge in [0.2, 0.25) is 15.9 Å². The maximum absolute atomic E-state index is 12.9. The van der Waals surface area contributed by atoms with Gasteiger partial charge in [0.25, 0.3) is 0 Å². The highest BCUT2D eigenvalue weighted by Crippen LogP contribution is 2.29. The van der Waals surface area contributed by atoms with E-state index in [0.717, 1.165) is 0 Å². The van der Waals surface area contributed by atoms with E-state index in [1.165, 1.54) is 23.5 Å². The molecule has 9 heteroatoms. The van der Waals surface area contributed by atoms with Gasteiger partial charge in [-0.2, -0.15) is 4.31 Å². The quantitative estimate of drug-likeness (QED) is 0.757. The number of hydrogen-bond acceptors (Lipinski definition) is 4. The number of anilines is 1. The van der Waals surface area contributed by atoms with Crippen LogP contribution in [-0.4, -0.2) is 38.8 Å². The molecule has 2 aromatic rings. The number of nitrogens with one attached hydrogen (secondary N) is 1. The summed E-state index contributed by atoms with van der Waals surface area (Å²) in [4.78, 5) is 12.8. The van der Waals surface area contributed by atoms with Crippen molar-refractivity contribution in [3.05, 3.63) is 52.5 Å². The molecule has 6 nitrogen and oxygen atoms in total. The molecule has 1 saturated heterocycles. The summed E-state index contributed by atoms with van der Waals surface area (Å²) in [5, 5.41) is 3.58. The van der Waals surface area contributed by atoms with E-state index in [2.05, 4.69) is 5.32 Å². The molecule has 3 rings (SSSR count). The van der Waals surface area contributed by atoms with E-state index in [1.807, 2.05) is 0 Å². The molecule has 0 spiro atoms. The van der Waals surface area contributed by atoms with E-state index in [4.69, 9.17) is 27.9 Å². The van der Waals surface area contributed by atoms with E-state index in [0.29, 0.717) is 40.9 Å². The molecule has 0 saturated carbocycles. The lowest BCUT2D eigenvalue weighted by Crippen LogP contribution is -2.43. The van der Waals surface area contributed by atoms with Crippen molar-refractivity contribution in [3.8, 4) is 5.75 Å². The molecule has 1 heterocycles. The maximum Gasteiger partial charge on any atom is 0.243 e. The number of halogens is 2. The highest BCUT2D eigenvalue weighted by Gasteiger charge is 2.33. The SMILES string of the molecule is COc1ccc(S(=O)(=O)N2CCC[C@H](C(=O)Nc3cc(Cl)ccc3Cl)C2)cc1. The second kappa shape index (κ2) is 8.69. The number of carbonyl (C=O) groups excluding carboxylic acids is 1. The van der Waals surface area contributed by atoms with Crippen LogP contribution in [0, 0.1) is 5.92 Å². The van der Waals surface area contributed by atoms with Crippen LogP contribution in [0.1, 0.15) is 12.8 Å². The molecule has 0 aromatic heterocycles. The van der Waals surface area contributed by atoms with E-state index >= 15 is 0 Å². The molecule has 1 aliphatic heterocycles. The number of methoxy groups -OCH3 is 1. The van der Waals surface area contributed by atoms with Gasteiger partial charge in [-0.25, -0.2) is 8.42 Å². The average Bonchev–Trinajstić information content (AvgIpc) is 2.71. The number of hydrogen-bond donors (Lipinski definition) is 1. The zero-order valence-corrected chi connectivity index (χ0v) is 17.5.